The van der Waals surface area contributed by atoms with Gasteiger partial charge in [0, 0.05) is 36.6 Å². The van der Waals surface area contributed by atoms with E-state index in [-0.39, 0.29) is 0 Å². The van der Waals surface area contributed by atoms with Crippen molar-refractivity contribution >= 4 is 38.2 Å². The molecule has 7 aromatic rings. The minimum atomic E-state index is -1.72. The quantitative estimate of drug-likeness (QED) is 0.135. The molecule has 238 valence electrons. The van der Waals surface area contributed by atoms with Crippen LogP contribution in [0.4, 0.5) is 17.1 Å². The molecule has 1 nitrogen and oxygen atoms in total. The van der Waals surface area contributed by atoms with Crippen molar-refractivity contribution in [1.82, 2.24) is 0 Å². The molecule has 49 heavy (non-hydrogen) atoms. The third kappa shape index (κ3) is 6.52. The van der Waals surface area contributed by atoms with Gasteiger partial charge in [-0.1, -0.05) is 128 Å². The molecule has 0 atom stereocenters. The van der Waals surface area contributed by atoms with Crippen LogP contribution in [-0.4, -0.2) is 0 Å². The van der Waals surface area contributed by atoms with Crippen LogP contribution in [0.15, 0.2) is 233 Å². The number of rotatable bonds is 11. The molecule has 0 saturated heterocycles. The van der Waals surface area contributed by atoms with Gasteiger partial charge in [0.25, 0.3) is 0 Å². The molecule has 0 aromatic heterocycles. The Morgan fingerprint density at radius 3 is 1.00 bits per heavy atom. The van der Waals surface area contributed by atoms with Crippen LogP contribution in [0.1, 0.15) is 17.5 Å². The molecule has 0 amide bonds. The van der Waals surface area contributed by atoms with Gasteiger partial charge in [0.05, 0.1) is 0 Å². The normalized spacial score (nSPS) is 11.4. The minimum Gasteiger partial charge on any atom is -0.311 e. The summed E-state index contributed by atoms with van der Waals surface area (Å²) in [4.78, 5) is 7.51. The van der Waals surface area contributed by atoms with Crippen LogP contribution in [0.2, 0.25) is 0 Å². The number of para-hydroxylation sites is 2. The molecule has 0 spiro atoms. The predicted molar refractivity (Wildman–Crippen MR) is 210 cm³/mol. The molecule has 0 aliphatic rings. The minimum absolute atomic E-state index is 0.688. The molecule has 7 aromatic carbocycles. The van der Waals surface area contributed by atoms with Crippen molar-refractivity contribution in [3.63, 3.8) is 0 Å². The van der Waals surface area contributed by atoms with E-state index in [1.165, 1.54) is 19.6 Å². The molecule has 2 heteroatoms. The summed E-state index contributed by atoms with van der Waals surface area (Å²) in [6, 6.07) is 71.6. The number of hydrogen-bond acceptors (Lipinski definition) is 1. The van der Waals surface area contributed by atoms with Crippen LogP contribution in [0.25, 0.3) is 11.1 Å². The summed E-state index contributed by atoms with van der Waals surface area (Å²) >= 11 is 0. The van der Waals surface area contributed by atoms with Gasteiger partial charge in [0.2, 0.25) is 0 Å². The van der Waals surface area contributed by atoms with Gasteiger partial charge in [-0.05, 0) is 114 Å². The van der Waals surface area contributed by atoms with Crippen molar-refractivity contribution < 1.29 is 0 Å². The monoisotopic (exact) mass is 649 g/mol. The summed E-state index contributed by atoms with van der Waals surface area (Å²) in [5.74, 6) is 0. The van der Waals surface area contributed by atoms with Gasteiger partial charge in [-0.3, -0.25) is 0 Å². The van der Waals surface area contributed by atoms with E-state index in [0.717, 1.165) is 39.3 Å². The third-order valence-corrected chi connectivity index (χ3v) is 12.8. The summed E-state index contributed by atoms with van der Waals surface area (Å²) in [7, 11) is -1.72. The van der Waals surface area contributed by atoms with Gasteiger partial charge in [0.15, 0.2) is 0 Å². The summed E-state index contributed by atoms with van der Waals surface area (Å²) < 4.78 is 0. The number of anilines is 3. The molecule has 0 radical (unpaired) electrons. The zero-order chi connectivity index (χ0) is 33.5. The second-order valence-corrected chi connectivity index (χ2v) is 15.1. The lowest BCUT2D eigenvalue weighted by Crippen LogP contribution is -2.09. The SMILES string of the molecule is C=C(CC(=C)c1ccc(S(c2ccccc2)(c2ccccc2)c2ccccc2)cc1)c1ccc(N(c2ccccc2)c2ccccc2)cc1. The van der Waals surface area contributed by atoms with Crippen LogP contribution in [0.5, 0.6) is 0 Å². The van der Waals surface area contributed by atoms with E-state index in [2.05, 4.69) is 206 Å². The van der Waals surface area contributed by atoms with E-state index in [1.54, 1.807) is 0 Å². The first-order chi connectivity index (χ1) is 24.1. The fourth-order valence-corrected chi connectivity index (χ4v) is 10.4. The van der Waals surface area contributed by atoms with Crippen molar-refractivity contribution in [3.8, 4) is 0 Å². The fraction of sp³-hybridized carbons (Fsp3) is 0.0213. The van der Waals surface area contributed by atoms with E-state index >= 15 is 0 Å². The first-order valence-electron chi connectivity index (χ1n) is 16.6. The number of allylic oxidation sites excluding steroid dienone is 2. The number of nitrogens with zero attached hydrogens (tertiary/aromatic N) is 1. The van der Waals surface area contributed by atoms with E-state index < -0.39 is 10.0 Å². The summed E-state index contributed by atoms with van der Waals surface area (Å²) in [6.45, 7) is 9.01. The van der Waals surface area contributed by atoms with Gasteiger partial charge in [-0.15, -0.1) is 10.0 Å². The Morgan fingerprint density at radius 1 is 0.347 bits per heavy atom. The highest BCUT2D eigenvalue weighted by Crippen LogP contribution is 2.73. The van der Waals surface area contributed by atoms with Crippen molar-refractivity contribution in [2.24, 2.45) is 0 Å². The smallest absolute Gasteiger partial charge is 0.0462 e. The molecular weight excluding hydrogens is 611 g/mol. The predicted octanol–water partition coefficient (Wildman–Crippen LogP) is 13.6. The summed E-state index contributed by atoms with van der Waals surface area (Å²) in [5.41, 5.74) is 7.68. The summed E-state index contributed by atoms with van der Waals surface area (Å²) in [6.07, 6.45) is 0.688. The van der Waals surface area contributed by atoms with Crippen molar-refractivity contribution in [3.05, 3.63) is 224 Å². The highest BCUT2D eigenvalue weighted by molar-refractivity contribution is 8.34. The summed E-state index contributed by atoms with van der Waals surface area (Å²) in [5, 5.41) is 0. The highest BCUT2D eigenvalue weighted by atomic mass is 32.3. The lowest BCUT2D eigenvalue weighted by atomic mass is 9.96. The Morgan fingerprint density at radius 2 is 0.633 bits per heavy atom. The second kappa shape index (κ2) is 14.5. The maximum atomic E-state index is 4.52. The van der Waals surface area contributed by atoms with Gasteiger partial charge in [0.1, 0.15) is 0 Å². The zero-order valence-electron chi connectivity index (χ0n) is 27.5. The van der Waals surface area contributed by atoms with Crippen LogP contribution < -0.4 is 4.90 Å². The van der Waals surface area contributed by atoms with Crippen LogP contribution in [-0.2, 0) is 0 Å². The molecule has 0 aliphatic heterocycles. The molecular formula is C47H39NS. The molecule has 0 unspecified atom stereocenters. The second-order valence-electron chi connectivity index (χ2n) is 12.0. The van der Waals surface area contributed by atoms with Crippen molar-refractivity contribution in [1.29, 1.82) is 0 Å². The van der Waals surface area contributed by atoms with Crippen LogP contribution in [0.3, 0.4) is 0 Å². The average molecular weight is 650 g/mol. The van der Waals surface area contributed by atoms with Crippen LogP contribution >= 0.6 is 10.0 Å². The molecule has 0 bridgehead atoms. The van der Waals surface area contributed by atoms with Gasteiger partial charge < -0.3 is 4.90 Å². The molecule has 0 aliphatic carbocycles. The average Bonchev–Trinajstić information content (AvgIpc) is 3.18. The van der Waals surface area contributed by atoms with E-state index in [0.29, 0.717) is 6.42 Å². The number of hydrogen-bond donors (Lipinski definition) is 0. The Kier molecular flexibility index (Phi) is 9.41. The van der Waals surface area contributed by atoms with Crippen molar-refractivity contribution in [2.75, 3.05) is 4.90 Å². The maximum Gasteiger partial charge on any atom is 0.0462 e. The van der Waals surface area contributed by atoms with E-state index in [1.807, 2.05) is 12.1 Å². The largest absolute Gasteiger partial charge is 0.311 e. The topological polar surface area (TPSA) is 3.24 Å². The van der Waals surface area contributed by atoms with Gasteiger partial charge in [-0.2, -0.15) is 0 Å². The maximum absolute atomic E-state index is 4.52. The molecule has 0 saturated carbocycles. The molecule has 0 N–H and O–H groups in total. The molecule has 0 fully saturated rings. The first-order valence-corrected chi connectivity index (χ1v) is 18.2. The third-order valence-electron chi connectivity index (χ3n) is 8.90. The van der Waals surface area contributed by atoms with Gasteiger partial charge in [-0.25, -0.2) is 0 Å². The van der Waals surface area contributed by atoms with E-state index in [9.17, 15) is 0 Å². The number of benzene rings is 7. The lowest BCUT2D eigenvalue weighted by molar-refractivity contribution is 1.24. The fourth-order valence-electron chi connectivity index (χ4n) is 6.49. The Labute approximate surface area is 292 Å². The first kappa shape index (κ1) is 31.8. The van der Waals surface area contributed by atoms with Crippen LogP contribution in [0, 0.1) is 0 Å². The molecule has 7 rings (SSSR count). The Balaban J connectivity index is 1.16. The standard InChI is InChI=1S/C47H39NS/c1-37(39-28-32-43(33-29-39)48(41-18-8-3-9-19-41)42-20-10-4-11-21-42)36-38(2)40-30-34-47(35-31-40)49(44-22-12-5-13-23-44,45-24-14-6-15-25-45)46-26-16-7-17-27-46/h3-35H,1-2,36H2. The lowest BCUT2D eigenvalue weighted by Gasteiger charge is -2.42. The Bertz CT molecular complexity index is 1990. The Hall–Kier alpha value is -5.83. The van der Waals surface area contributed by atoms with Crippen molar-refractivity contribution in [2.45, 2.75) is 26.0 Å². The molecule has 0 heterocycles. The van der Waals surface area contributed by atoms with E-state index in [4.69, 9.17) is 0 Å². The van der Waals surface area contributed by atoms with Gasteiger partial charge >= 0.3 is 0 Å². The zero-order valence-corrected chi connectivity index (χ0v) is 28.3. The highest BCUT2D eigenvalue weighted by Gasteiger charge is 2.33.